The van der Waals surface area contributed by atoms with Crippen molar-refractivity contribution in [3.63, 3.8) is 0 Å². The van der Waals surface area contributed by atoms with E-state index in [0.717, 1.165) is 30.9 Å². The summed E-state index contributed by atoms with van der Waals surface area (Å²) in [6.45, 7) is 1.97. The maximum absolute atomic E-state index is 5.52. The summed E-state index contributed by atoms with van der Waals surface area (Å²) >= 11 is 0. The van der Waals surface area contributed by atoms with Crippen LogP contribution in [0.2, 0.25) is 0 Å². The van der Waals surface area contributed by atoms with E-state index in [1.807, 2.05) is 0 Å². The molecule has 2 fully saturated rings. The van der Waals surface area contributed by atoms with Crippen molar-refractivity contribution in [2.45, 2.75) is 57.3 Å². The maximum Gasteiger partial charge on any atom is 0.123 e. The third-order valence-electron chi connectivity index (χ3n) is 4.63. The van der Waals surface area contributed by atoms with E-state index in [0.29, 0.717) is 0 Å². The summed E-state index contributed by atoms with van der Waals surface area (Å²) in [5.41, 5.74) is 2.69. The highest BCUT2D eigenvalue weighted by molar-refractivity contribution is 5.37. The lowest BCUT2D eigenvalue weighted by Crippen LogP contribution is -2.36. The Bertz CT molecular complexity index is 452. The summed E-state index contributed by atoms with van der Waals surface area (Å²) in [4.78, 5) is 2.47. The monoisotopic (exact) mass is 274 g/mol. The van der Waals surface area contributed by atoms with E-state index in [4.69, 9.17) is 4.74 Å². The smallest absolute Gasteiger partial charge is 0.123 e. The number of benzene rings is 1. The van der Waals surface area contributed by atoms with Crippen molar-refractivity contribution >= 4 is 0 Å². The fourth-order valence-corrected chi connectivity index (χ4v) is 2.84. The molecule has 110 valence electrons. The largest absolute Gasteiger partial charge is 0.496 e. The molecule has 2 aliphatic carbocycles. The van der Waals surface area contributed by atoms with Crippen molar-refractivity contribution in [1.82, 2.24) is 10.2 Å². The summed E-state index contributed by atoms with van der Waals surface area (Å²) in [5.74, 6) is 1.02. The molecule has 0 unspecified atom stereocenters. The van der Waals surface area contributed by atoms with Gasteiger partial charge in [-0.3, -0.25) is 4.90 Å². The van der Waals surface area contributed by atoms with Gasteiger partial charge >= 0.3 is 0 Å². The van der Waals surface area contributed by atoms with Crippen LogP contribution in [0.15, 0.2) is 18.2 Å². The molecule has 0 amide bonds. The molecule has 0 radical (unpaired) electrons. The summed E-state index contributed by atoms with van der Waals surface area (Å²) < 4.78 is 5.52. The Morgan fingerprint density at radius 1 is 1.25 bits per heavy atom. The lowest BCUT2D eigenvalue weighted by atomic mass is 9.91. The van der Waals surface area contributed by atoms with Gasteiger partial charge in [-0.1, -0.05) is 12.5 Å². The van der Waals surface area contributed by atoms with Crippen LogP contribution >= 0.6 is 0 Å². The maximum atomic E-state index is 5.52. The van der Waals surface area contributed by atoms with E-state index in [1.54, 1.807) is 7.11 Å². The van der Waals surface area contributed by atoms with Crippen LogP contribution < -0.4 is 10.1 Å². The van der Waals surface area contributed by atoms with Gasteiger partial charge in [-0.15, -0.1) is 0 Å². The van der Waals surface area contributed by atoms with Crippen molar-refractivity contribution in [3.05, 3.63) is 29.3 Å². The van der Waals surface area contributed by atoms with Gasteiger partial charge in [0.1, 0.15) is 5.75 Å². The van der Waals surface area contributed by atoms with Gasteiger partial charge in [0, 0.05) is 30.7 Å². The zero-order valence-corrected chi connectivity index (χ0v) is 12.7. The van der Waals surface area contributed by atoms with Crippen molar-refractivity contribution in [2.24, 2.45) is 0 Å². The Morgan fingerprint density at radius 3 is 2.65 bits per heavy atom. The van der Waals surface area contributed by atoms with Crippen LogP contribution in [0.25, 0.3) is 0 Å². The molecule has 3 nitrogen and oxygen atoms in total. The van der Waals surface area contributed by atoms with E-state index < -0.39 is 0 Å². The van der Waals surface area contributed by atoms with Gasteiger partial charge in [-0.25, -0.2) is 0 Å². The molecular weight excluding hydrogens is 248 g/mol. The van der Waals surface area contributed by atoms with Crippen LogP contribution in [0.1, 0.15) is 43.2 Å². The number of ether oxygens (including phenoxy) is 1. The quantitative estimate of drug-likeness (QED) is 0.827. The molecule has 2 aliphatic rings. The second kappa shape index (κ2) is 6.15. The minimum Gasteiger partial charge on any atom is -0.496 e. The van der Waals surface area contributed by atoms with Gasteiger partial charge in [0.15, 0.2) is 0 Å². The highest BCUT2D eigenvalue weighted by Crippen LogP contribution is 2.28. The Labute approximate surface area is 122 Å². The van der Waals surface area contributed by atoms with E-state index >= 15 is 0 Å². The first kappa shape index (κ1) is 13.9. The first-order valence-electron chi connectivity index (χ1n) is 7.85. The molecule has 0 atom stereocenters. The Balaban J connectivity index is 1.66. The van der Waals surface area contributed by atoms with E-state index in [-0.39, 0.29) is 0 Å². The van der Waals surface area contributed by atoms with Crippen molar-refractivity contribution in [3.8, 4) is 5.75 Å². The SMILES string of the molecule is COc1ccc(CNC2CC2)cc1CN(C)C1CCC1. The predicted molar refractivity (Wildman–Crippen MR) is 82.0 cm³/mol. The summed E-state index contributed by atoms with van der Waals surface area (Å²) in [6.07, 6.45) is 6.77. The minimum absolute atomic E-state index is 0.762. The molecule has 0 aliphatic heterocycles. The Kier molecular flexibility index (Phi) is 4.27. The number of hydrogen-bond donors (Lipinski definition) is 1. The fourth-order valence-electron chi connectivity index (χ4n) is 2.84. The molecule has 1 aromatic carbocycles. The number of rotatable bonds is 7. The first-order valence-corrected chi connectivity index (χ1v) is 7.85. The van der Waals surface area contributed by atoms with Gasteiger partial charge in [0.05, 0.1) is 7.11 Å². The van der Waals surface area contributed by atoms with Gasteiger partial charge in [0.25, 0.3) is 0 Å². The second-order valence-electron chi connectivity index (χ2n) is 6.30. The zero-order chi connectivity index (χ0) is 13.9. The average Bonchev–Trinajstić information content (AvgIpc) is 3.18. The summed E-state index contributed by atoms with van der Waals surface area (Å²) in [5, 5.41) is 3.58. The van der Waals surface area contributed by atoms with Crippen molar-refractivity contribution < 1.29 is 4.74 Å². The van der Waals surface area contributed by atoms with Crippen molar-refractivity contribution in [2.75, 3.05) is 14.2 Å². The minimum atomic E-state index is 0.762. The van der Waals surface area contributed by atoms with E-state index in [9.17, 15) is 0 Å². The van der Waals surface area contributed by atoms with Crippen LogP contribution in [-0.4, -0.2) is 31.1 Å². The van der Waals surface area contributed by atoms with E-state index in [1.165, 1.54) is 43.2 Å². The molecule has 3 heteroatoms. The molecule has 0 bridgehead atoms. The van der Waals surface area contributed by atoms with Gasteiger partial charge in [0.2, 0.25) is 0 Å². The molecular formula is C17H26N2O. The molecule has 0 aromatic heterocycles. The molecule has 1 N–H and O–H groups in total. The summed E-state index contributed by atoms with van der Waals surface area (Å²) in [6, 6.07) is 8.14. The van der Waals surface area contributed by atoms with E-state index in [2.05, 4.69) is 35.5 Å². The van der Waals surface area contributed by atoms with Gasteiger partial charge in [-0.05, 0) is 50.4 Å². The molecule has 3 rings (SSSR count). The Morgan fingerprint density at radius 2 is 2.05 bits per heavy atom. The molecule has 0 heterocycles. The zero-order valence-electron chi connectivity index (χ0n) is 12.7. The van der Waals surface area contributed by atoms with Crippen LogP contribution in [0.4, 0.5) is 0 Å². The van der Waals surface area contributed by atoms with Crippen LogP contribution in [0.5, 0.6) is 5.75 Å². The van der Waals surface area contributed by atoms with Gasteiger partial charge in [-0.2, -0.15) is 0 Å². The molecule has 0 saturated heterocycles. The lowest BCUT2D eigenvalue weighted by molar-refractivity contribution is 0.151. The first-order chi connectivity index (χ1) is 9.76. The van der Waals surface area contributed by atoms with Gasteiger partial charge < -0.3 is 10.1 Å². The topological polar surface area (TPSA) is 24.5 Å². The molecule has 20 heavy (non-hydrogen) atoms. The average molecular weight is 274 g/mol. The third kappa shape index (κ3) is 3.33. The standard InChI is InChI=1S/C17H26N2O/c1-19(16-4-3-5-16)12-14-10-13(6-9-17(14)20-2)11-18-15-7-8-15/h6,9-10,15-16,18H,3-5,7-8,11-12H2,1-2H3. The highest BCUT2D eigenvalue weighted by Gasteiger charge is 2.23. The molecule has 2 saturated carbocycles. The highest BCUT2D eigenvalue weighted by atomic mass is 16.5. The lowest BCUT2D eigenvalue weighted by Gasteiger charge is -2.35. The third-order valence-corrected chi connectivity index (χ3v) is 4.63. The molecule has 1 aromatic rings. The fraction of sp³-hybridized carbons (Fsp3) is 0.647. The van der Waals surface area contributed by atoms with Crippen LogP contribution in [-0.2, 0) is 13.1 Å². The normalized spacial score (nSPS) is 19.1. The van der Waals surface area contributed by atoms with Crippen molar-refractivity contribution in [1.29, 1.82) is 0 Å². The number of hydrogen-bond acceptors (Lipinski definition) is 3. The summed E-state index contributed by atoms with van der Waals surface area (Å²) in [7, 11) is 4.00. The van der Waals surface area contributed by atoms with Crippen LogP contribution in [0, 0.1) is 0 Å². The number of methoxy groups -OCH3 is 1. The predicted octanol–water partition coefficient (Wildman–Crippen LogP) is 2.93. The number of nitrogens with one attached hydrogen (secondary N) is 1. The Hall–Kier alpha value is -1.06. The van der Waals surface area contributed by atoms with Crippen LogP contribution in [0.3, 0.4) is 0 Å². The second-order valence-corrected chi connectivity index (χ2v) is 6.30. The molecule has 0 spiro atoms. The number of nitrogens with zero attached hydrogens (tertiary/aromatic N) is 1.